The van der Waals surface area contributed by atoms with Crippen molar-refractivity contribution in [3.8, 4) is 0 Å². The van der Waals surface area contributed by atoms with E-state index in [1.54, 1.807) is 30.1 Å². The number of carbonyl (C=O) groups excluding carboxylic acids is 1. The van der Waals surface area contributed by atoms with Crippen LogP contribution in [0.2, 0.25) is 0 Å². The van der Waals surface area contributed by atoms with Gasteiger partial charge in [0, 0.05) is 44.3 Å². The number of hydrogen-bond acceptors (Lipinski definition) is 6. The van der Waals surface area contributed by atoms with Gasteiger partial charge in [-0.15, -0.1) is 0 Å². The van der Waals surface area contributed by atoms with Gasteiger partial charge in [-0.1, -0.05) is 0 Å². The van der Waals surface area contributed by atoms with Gasteiger partial charge in [-0.05, 0) is 32.8 Å². The predicted octanol–water partition coefficient (Wildman–Crippen LogP) is 2.08. The molecule has 0 spiro atoms. The van der Waals surface area contributed by atoms with E-state index in [4.69, 9.17) is 4.74 Å². The first-order chi connectivity index (χ1) is 12.4. The Balaban J connectivity index is 1.78. The number of hydrogen-bond donors (Lipinski definition) is 2. The highest BCUT2D eigenvalue weighted by molar-refractivity contribution is 5.67. The second-order valence-electron chi connectivity index (χ2n) is 6.79. The van der Waals surface area contributed by atoms with E-state index in [0.29, 0.717) is 11.6 Å². The van der Waals surface area contributed by atoms with E-state index in [-0.39, 0.29) is 11.6 Å². The molecule has 1 aliphatic carbocycles. The molecule has 2 aromatic heterocycles. The minimum Gasteiger partial charge on any atom is -0.421 e. The molecule has 2 N–H and O–H groups in total. The Morgan fingerprint density at radius 1 is 1.19 bits per heavy atom. The summed E-state index contributed by atoms with van der Waals surface area (Å²) in [6.45, 7) is 3.78. The SMILES string of the molecule is CC(C)NC(=O)OC1(n2ccc(Nc3ccc(=O)n(C)n3)n2)CCCC1. The van der Waals surface area contributed by atoms with Gasteiger partial charge in [0.25, 0.3) is 5.56 Å². The fourth-order valence-electron chi connectivity index (χ4n) is 3.06. The topological polar surface area (TPSA) is 103 Å². The maximum atomic E-state index is 12.1. The second kappa shape index (κ2) is 7.19. The number of carbonyl (C=O) groups is 1. The number of amides is 1. The first kappa shape index (κ1) is 18.0. The van der Waals surface area contributed by atoms with Crippen molar-refractivity contribution in [2.45, 2.75) is 51.3 Å². The standard InChI is InChI=1S/C17H24N6O3/c1-12(2)18-16(25)26-17(9-4-5-10-17)23-11-8-14(21-23)19-13-6-7-15(24)22(3)20-13/h6-8,11-12H,4-5,9-10H2,1-3H3,(H,18,25)(H,19,20,21). The van der Waals surface area contributed by atoms with Crippen LogP contribution in [0.5, 0.6) is 0 Å². The van der Waals surface area contributed by atoms with E-state index in [9.17, 15) is 9.59 Å². The maximum Gasteiger partial charge on any atom is 0.409 e. The lowest BCUT2D eigenvalue weighted by Gasteiger charge is -2.29. The van der Waals surface area contributed by atoms with Crippen LogP contribution >= 0.6 is 0 Å². The molecule has 0 atom stereocenters. The van der Waals surface area contributed by atoms with Gasteiger partial charge < -0.3 is 15.4 Å². The Bertz CT molecular complexity index is 835. The summed E-state index contributed by atoms with van der Waals surface area (Å²) in [6.07, 6.45) is 4.74. The summed E-state index contributed by atoms with van der Waals surface area (Å²) in [7, 11) is 1.58. The van der Waals surface area contributed by atoms with E-state index in [0.717, 1.165) is 25.7 Å². The smallest absolute Gasteiger partial charge is 0.409 e. The van der Waals surface area contributed by atoms with Crippen molar-refractivity contribution in [2.24, 2.45) is 7.05 Å². The Hall–Kier alpha value is -2.84. The molecule has 9 heteroatoms. The number of nitrogens with zero attached hydrogens (tertiary/aromatic N) is 4. The van der Waals surface area contributed by atoms with Crippen molar-refractivity contribution in [1.82, 2.24) is 24.9 Å². The molecule has 1 aliphatic rings. The molecule has 0 aromatic carbocycles. The zero-order valence-electron chi connectivity index (χ0n) is 15.2. The van der Waals surface area contributed by atoms with Crippen LogP contribution in [0.15, 0.2) is 29.2 Å². The lowest BCUT2D eigenvalue weighted by molar-refractivity contribution is -0.0564. The van der Waals surface area contributed by atoms with Crippen LogP contribution in [0.4, 0.5) is 16.4 Å². The predicted molar refractivity (Wildman–Crippen MR) is 96.2 cm³/mol. The van der Waals surface area contributed by atoms with E-state index in [1.807, 2.05) is 13.8 Å². The zero-order valence-corrected chi connectivity index (χ0v) is 15.2. The number of ether oxygens (including phenoxy) is 1. The Morgan fingerprint density at radius 3 is 2.54 bits per heavy atom. The summed E-state index contributed by atoms with van der Waals surface area (Å²) in [4.78, 5) is 23.5. The van der Waals surface area contributed by atoms with Crippen LogP contribution in [-0.4, -0.2) is 31.7 Å². The van der Waals surface area contributed by atoms with Crippen molar-refractivity contribution in [3.05, 3.63) is 34.7 Å². The van der Waals surface area contributed by atoms with Crippen molar-refractivity contribution >= 4 is 17.7 Å². The van der Waals surface area contributed by atoms with Crippen molar-refractivity contribution in [3.63, 3.8) is 0 Å². The highest BCUT2D eigenvalue weighted by Crippen LogP contribution is 2.38. The lowest BCUT2D eigenvalue weighted by atomic mass is 10.2. The number of aryl methyl sites for hydroxylation is 1. The van der Waals surface area contributed by atoms with Crippen molar-refractivity contribution in [1.29, 1.82) is 0 Å². The summed E-state index contributed by atoms with van der Waals surface area (Å²) in [6, 6.07) is 4.83. The average molecular weight is 360 g/mol. The third kappa shape index (κ3) is 3.87. The van der Waals surface area contributed by atoms with Crippen LogP contribution in [-0.2, 0) is 17.5 Å². The van der Waals surface area contributed by atoms with Gasteiger partial charge in [0.1, 0.15) is 0 Å². The van der Waals surface area contributed by atoms with Gasteiger partial charge in [0.05, 0.1) is 0 Å². The number of aromatic nitrogens is 4. The number of alkyl carbamates (subject to hydrolysis) is 1. The first-order valence-electron chi connectivity index (χ1n) is 8.75. The molecule has 1 amide bonds. The monoisotopic (exact) mass is 360 g/mol. The van der Waals surface area contributed by atoms with Crippen molar-refractivity contribution in [2.75, 3.05) is 5.32 Å². The third-order valence-corrected chi connectivity index (χ3v) is 4.30. The van der Waals surface area contributed by atoms with Gasteiger partial charge in [0.15, 0.2) is 11.6 Å². The number of nitrogens with one attached hydrogen (secondary N) is 2. The summed E-state index contributed by atoms with van der Waals surface area (Å²) in [5.41, 5.74) is -0.953. The molecule has 0 aliphatic heterocycles. The Morgan fingerprint density at radius 2 is 1.88 bits per heavy atom. The quantitative estimate of drug-likeness (QED) is 0.846. The van der Waals surface area contributed by atoms with Crippen LogP contribution in [0, 0.1) is 0 Å². The molecule has 140 valence electrons. The van der Waals surface area contributed by atoms with Crippen LogP contribution in [0.1, 0.15) is 39.5 Å². The molecule has 0 unspecified atom stereocenters. The fraction of sp³-hybridized carbons (Fsp3) is 0.529. The van der Waals surface area contributed by atoms with E-state index >= 15 is 0 Å². The summed E-state index contributed by atoms with van der Waals surface area (Å²) in [5, 5.41) is 14.5. The molecular weight excluding hydrogens is 336 g/mol. The molecule has 0 saturated heterocycles. The van der Waals surface area contributed by atoms with Crippen LogP contribution in [0.3, 0.4) is 0 Å². The Kier molecular flexibility index (Phi) is 4.97. The fourth-order valence-corrected chi connectivity index (χ4v) is 3.06. The molecule has 1 fully saturated rings. The molecule has 0 bridgehead atoms. The minimum atomic E-state index is -0.768. The third-order valence-electron chi connectivity index (χ3n) is 4.30. The average Bonchev–Trinajstić information content (AvgIpc) is 3.20. The molecule has 0 radical (unpaired) electrons. The van der Waals surface area contributed by atoms with Crippen LogP contribution in [0.25, 0.3) is 0 Å². The van der Waals surface area contributed by atoms with E-state index in [1.165, 1.54) is 10.7 Å². The molecule has 2 heterocycles. The Labute approximate surface area is 151 Å². The number of rotatable bonds is 5. The zero-order chi connectivity index (χ0) is 18.7. The molecule has 3 rings (SSSR count). The summed E-state index contributed by atoms with van der Waals surface area (Å²) >= 11 is 0. The van der Waals surface area contributed by atoms with Gasteiger partial charge in [0.2, 0.25) is 5.72 Å². The molecule has 9 nitrogen and oxygen atoms in total. The van der Waals surface area contributed by atoms with Gasteiger partial charge in [-0.2, -0.15) is 10.2 Å². The van der Waals surface area contributed by atoms with Gasteiger partial charge >= 0.3 is 6.09 Å². The normalized spacial score (nSPS) is 15.8. The van der Waals surface area contributed by atoms with Crippen molar-refractivity contribution < 1.29 is 9.53 Å². The summed E-state index contributed by atoms with van der Waals surface area (Å²) in [5.74, 6) is 1.08. The van der Waals surface area contributed by atoms with E-state index in [2.05, 4.69) is 20.8 Å². The molecule has 1 saturated carbocycles. The molecule has 2 aromatic rings. The molecule has 26 heavy (non-hydrogen) atoms. The molecular formula is C17H24N6O3. The minimum absolute atomic E-state index is 0.00611. The maximum absolute atomic E-state index is 12.1. The highest BCUT2D eigenvalue weighted by Gasteiger charge is 2.40. The first-order valence-corrected chi connectivity index (χ1v) is 8.75. The van der Waals surface area contributed by atoms with Gasteiger partial charge in [-0.25, -0.2) is 14.2 Å². The second-order valence-corrected chi connectivity index (χ2v) is 6.79. The highest BCUT2D eigenvalue weighted by atomic mass is 16.6. The number of anilines is 2. The van der Waals surface area contributed by atoms with E-state index < -0.39 is 11.8 Å². The summed E-state index contributed by atoms with van der Waals surface area (Å²) < 4.78 is 8.70. The largest absolute Gasteiger partial charge is 0.421 e. The lowest BCUT2D eigenvalue weighted by Crippen LogP contribution is -2.42. The van der Waals surface area contributed by atoms with Gasteiger partial charge in [-0.3, -0.25) is 4.79 Å². The van der Waals surface area contributed by atoms with Crippen LogP contribution < -0.4 is 16.2 Å².